The van der Waals surface area contributed by atoms with Gasteiger partial charge in [0, 0.05) is 5.56 Å². The van der Waals surface area contributed by atoms with Crippen LogP contribution in [0.25, 0.3) is 21.3 Å². The Morgan fingerprint density at radius 3 is 2.89 bits per heavy atom. The van der Waals surface area contributed by atoms with E-state index in [4.69, 9.17) is 11.6 Å². The van der Waals surface area contributed by atoms with Crippen LogP contribution >= 0.6 is 22.9 Å². The first-order valence-electron chi connectivity index (χ1n) is 7.97. The van der Waals surface area contributed by atoms with Gasteiger partial charge in [0.15, 0.2) is 5.69 Å². The summed E-state index contributed by atoms with van der Waals surface area (Å²) in [7, 11) is 0. The van der Waals surface area contributed by atoms with Crippen LogP contribution in [0, 0.1) is 0 Å². The zero-order valence-electron chi connectivity index (χ0n) is 13.8. The number of aromatic amines is 1. The zero-order valence-corrected chi connectivity index (χ0v) is 15.4. The fourth-order valence-electron chi connectivity index (χ4n) is 2.66. The summed E-state index contributed by atoms with van der Waals surface area (Å²) < 4.78 is 0.657. The molecule has 8 heteroatoms. The SMILES string of the molecule is O=C(NN=Cc1c(O)ccc2ccccc12)c1cc(-c2ccc(Cl)s2)[nH]n1. The number of rotatable bonds is 4. The standard InChI is InChI=1S/C19H13ClN4O2S/c20-18-8-7-17(27-18)14-9-15(23-22-14)19(26)24-21-10-13-12-4-2-1-3-11(12)5-6-16(13)25/h1-10,25H,(H,22,23)(H,24,26). The monoisotopic (exact) mass is 396 g/mol. The summed E-state index contributed by atoms with van der Waals surface area (Å²) in [6.07, 6.45) is 1.42. The Morgan fingerprint density at radius 1 is 1.22 bits per heavy atom. The molecule has 0 radical (unpaired) electrons. The van der Waals surface area contributed by atoms with Crippen molar-refractivity contribution >= 4 is 45.8 Å². The van der Waals surface area contributed by atoms with E-state index in [1.807, 2.05) is 36.4 Å². The summed E-state index contributed by atoms with van der Waals surface area (Å²) in [6, 6.07) is 16.3. The molecule has 0 aliphatic rings. The van der Waals surface area contributed by atoms with E-state index >= 15 is 0 Å². The molecule has 0 fully saturated rings. The molecule has 0 saturated carbocycles. The average molecular weight is 397 g/mol. The number of phenols is 1. The highest BCUT2D eigenvalue weighted by atomic mass is 35.5. The molecule has 1 amide bonds. The number of thiophene rings is 1. The number of fused-ring (bicyclic) bond motifs is 1. The van der Waals surface area contributed by atoms with Gasteiger partial charge in [0.25, 0.3) is 5.91 Å². The van der Waals surface area contributed by atoms with Crippen molar-refractivity contribution in [3.8, 4) is 16.3 Å². The van der Waals surface area contributed by atoms with Gasteiger partial charge in [-0.1, -0.05) is 41.9 Å². The van der Waals surface area contributed by atoms with Crippen LogP contribution in [0.2, 0.25) is 4.34 Å². The summed E-state index contributed by atoms with van der Waals surface area (Å²) in [5, 5.41) is 22.7. The molecular weight excluding hydrogens is 384 g/mol. The van der Waals surface area contributed by atoms with Crippen molar-refractivity contribution in [3.05, 3.63) is 70.2 Å². The third-order valence-corrected chi connectivity index (χ3v) is 5.22. The molecule has 0 saturated heterocycles. The summed E-state index contributed by atoms with van der Waals surface area (Å²) in [4.78, 5) is 13.1. The molecule has 134 valence electrons. The quantitative estimate of drug-likeness (QED) is 0.352. The van der Waals surface area contributed by atoms with Gasteiger partial charge >= 0.3 is 0 Å². The fraction of sp³-hybridized carbons (Fsp3) is 0. The van der Waals surface area contributed by atoms with Crippen molar-refractivity contribution in [2.75, 3.05) is 0 Å². The van der Waals surface area contributed by atoms with E-state index < -0.39 is 5.91 Å². The number of hydrogen-bond acceptors (Lipinski definition) is 5. The van der Waals surface area contributed by atoms with E-state index in [2.05, 4.69) is 20.7 Å². The highest BCUT2D eigenvalue weighted by Crippen LogP contribution is 2.30. The van der Waals surface area contributed by atoms with E-state index in [0.717, 1.165) is 15.6 Å². The molecule has 27 heavy (non-hydrogen) atoms. The number of benzene rings is 2. The Hall–Kier alpha value is -3.16. The molecule has 0 aliphatic heterocycles. The largest absolute Gasteiger partial charge is 0.507 e. The number of nitrogens with zero attached hydrogens (tertiary/aromatic N) is 2. The molecule has 2 heterocycles. The van der Waals surface area contributed by atoms with E-state index in [9.17, 15) is 9.90 Å². The molecule has 0 atom stereocenters. The van der Waals surface area contributed by atoms with Crippen molar-refractivity contribution < 1.29 is 9.90 Å². The summed E-state index contributed by atoms with van der Waals surface area (Å²) >= 11 is 7.31. The highest BCUT2D eigenvalue weighted by Gasteiger charge is 2.12. The van der Waals surface area contributed by atoms with Crippen LogP contribution in [-0.2, 0) is 0 Å². The van der Waals surface area contributed by atoms with Gasteiger partial charge in [-0.05, 0) is 35.0 Å². The number of phenolic OH excluding ortho intramolecular Hbond substituents is 1. The number of H-pyrrole nitrogens is 1. The second-order valence-electron chi connectivity index (χ2n) is 5.69. The van der Waals surface area contributed by atoms with Crippen molar-refractivity contribution in [1.82, 2.24) is 15.6 Å². The minimum Gasteiger partial charge on any atom is -0.507 e. The normalized spacial score (nSPS) is 11.3. The van der Waals surface area contributed by atoms with Crippen LogP contribution in [0.5, 0.6) is 5.75 Å². The smallest absolute Gasteiger partial charge is 0.291 e. The third-order valence-electron chi connectivity index (χ3n) is 3.96. The first-order valence-corrected chi connectivity index (χ1v) is 9.16. The highest BCUT2D eigenvalue weighted by molar-refractivity contribution is 7.19. The predicted molar refractivity (Wildman–Crippen MR) is 108 cm³/mol. The van der Waals surface area contributed by atoms with Gasteiger partial charge in [-0.15, -0.1) is 11.3 Å². The van der Waals surface area contributed by atoms with Gasteiger partial charge in [-0.2, -0.15) is 10.2 Å². The Labute approximate surface area is 163 Å². The number of nitrogens with one attached hydrogen (secondary N) is 2. The molecule has 0 spiro atoms. The number of amides is 1. The van der Waals surface area contributed by atoms with E-state index in [0.29, 0.717) is 15.6 Å². The molecule has 2 aromatic heterocycles. The maximum atomic E-state index is 12.2. The van der Waals surface area contributed by atoms with E-state index in [1.165, 1.54) is 17.6 Å². The lowest BCUT2D eigenvalue weighted by Gasteiger charge is -2.04. The first-order chi connectivity index (χ1) is 13.1. The molecule has 4 aromatic rings. The lowest BCUT2D eigenvalue weighted by atomic mass is 10.0. The first kappa shape index (κ1) is 17.3. The maximum absolute atomic E-state index is 12.2. The summed E-state index contributed by atoms with van der Waals surface area (Å²) in [5.74, 6) is -0.376. The van der Waals surface area contributed by atoms with Crippen LogP contribution in [0.1, 0.15) is 16.1 Å². The second kappa shape index (κ2) is 7.22. The molecule has 6 nitrogen and oxygen atoms in total. The van der Waals surface area contributed by atoms with E-state index in [-0.39, 0.29) is 11.4 Å². The number of halogens is 1. The number of hydrazone groups is 1. The van der Waals surface area contributed by atoms with Gasteiger partial charge in [0.1, 0.15) is 5.75 Å². The molecule has 0 bridgehead atoms. The second-order valence-corrected chi connectivity index (χ2v) is 7.40. The predicted octanol–water partition coefficient (Wildman–Crippen LogP) is 4.41. The fourth-order valence-corrected chi connectivity index (χ4v) is 3.66. The molecule has 0 aliphatic carbocycles. The minimum atomic E-state index is -0.462. The van der Waals surface area contributed by atoms with Crippen molar-refractivity contribution in [1.29, 1.82) is 0 Å². The number of carbonyl (C=O) groups excluding carboxylic acids is 1. The molecule has 3 N–H and O–H groups in total. The Balaban J connectivity index is 1.52. The molecule has 0 unspecified atom stereocenters. The van der Waals surface area contributed by atoms with Gasteiger partial charge in [-0.3, -0.25) is 9.89 Å². The number of aromatic nitrogens is 2. The Bertz CT molecular complexity index is 1170. The molecular formula is C19H13ClN4O2S. The maximum Gasteiger partial charge on any atom is 0.291 e. The summed E-state index contributed by atoms with van der Waals surface area (Å²) in [6.45, 7) is 0. The van der Waals surface area contributed by atoms with Crippen LogP contribution in [0.15, 0.2) is 59.7 Å². The average Bonchev–Trinajstić information content (AvgIpc) is 3.32. The summed E-state index contributed by atoms with van der Waals surface area (Å²) in [5.41, 5.74) is 3.86. The van der Waals surface area contributed by atoms with Gasteiger partial charge in [0.2, 0.25) is 0 Å². The number of carbonyl (C=O) groups is 1. The van der Waals surface area contributed by atoms with Crippen LogP contribution in [-0.4, -0.2) is 27.4 Å². The molecule has 2 aromatic carbocycles. The number of hydrogen-bond donors (Lipinski definition) is 3. The zero-order chi connectivity index (χ0) is 18.8. The van der Waals surface area contributed by atoms with Crippen LogP contribution < -0.4 is 5.43 Å². The Morgan fingerprint density at radius 2 is 2.07 bits per heavy atom. The van der Waals surface area contributed by atoms with Crippen molar-refractivity contribution in [3.63, 3.8) is 0 Å². The Kier molecular flexibility index (Phi) is 4.62. The van der Waals surface area contributed by atoms with Crippen molar-refractivity contribution in [2.24, 2.45) is 5.10 Å². The lowest BCUT2D eigenvalue weighted by molar-refractivity contribution is 0.0950. The minimum absolute atomic E-state index is 0.0864. The van der Waals surface area contributed by atoms with Gasteiger partial charge < -0.3 is 5.11 Å². The van der Waals surface area contributed by atoms with E-state index in [1.54, 1.807) is 18.2 Å². The van der Waals surface area contributed by atoms with Crippen LogP contribution in [0.4, 0.5) is 0 Å². The van der Waals surface area contributed by atoms with Crippen molar-refractivity contribution in [2.45, 2.75) is 0 Å². The van der Waals surface area contributed by atoms with Gasteiger partial charge in [-0.25, -0.2) is 5.43 Å². The topological polar surface area (TPSA) is 90.4 Å². The lowest BCUT2D eigenvalue weighted by Crippen LogP contribution is -2.18. The van der Waals surface area contributed by atoms with Gasteiger partial charge in [0.05, 0.1) is 21.1 Å². The number of aromatic hydroxyl groups is 1. The van der Waals surface area contributed by atoms with Crippen LogP contribution in [0.3, 0.4) is 0 Å². The molecule has 4 rings (SSSR count). The third kappa shape index (κ3) is 3.55.